The number of aromatic nitrogens is 2. The highest BCUT2D eigenvalue weighted by atomic mass is 35.5. The highest BCUT2D eigenvalue weighted by Gasteiger charge is 2.14. The van der Waals surface area contributed by atoms with Gasteiger partial charge in [-0.1, -0.05) is 29.3 Å². The molecule has 0 unspecified atom stereocenters. The molecule has 0 aliphatic heterocycles. The summed E-state index contributed by atoms with van der Waals surface area (Å²) in [5.41, 5.74) is 1.42. The van der Waals surface area contributed by atoms with Crippen LogP contribution in [0.2, 0.25) is 10.0 Å². The highest BCUT2D eigenvalue weighted by Crippen LogP contribution is 2.29. The number of non-ortho nitro benzene ring substituents is 1. The Morgan fingerprint density at radius 3 is 2.72 bits per heavy atom. The number of carbonyl (C=O) groups excluding carboxylic acids is 1. The average molecular weight is 436 g/mol. The van der Waals surface area contributed by atoms with E-state index in [0.717, 1.165) is 5.56 Å². The van der Waals surface area contributed by atoms with Crippen molar-refractivity contribution in [3.8, 4) is 5.75 Å². The number of nitro benzene ring substituents is 1. The van der Waals surface area contributed by atoms with Crippen LogP contribution in [0.15, 0.2) is 48.8 Å². The molecular formula is C18H15Cl2N5O4. The van der Waals surface area contributed by atoms with Crippen LogP contribution in [0, 0.1) is 10.1 Å². The maximum atomic E-state index is 12.2. The number of anilines is 2. The summed E-state index contributed by atoms with van der Waals surface area (Å²) in [4.78, 5) is 22.5. The minimum Gasteiger partial charge on any atom is -0.494 e. The second kappa shape index (κ2) is 8.80. The van der Waals surface area contributed by atoms with Gasteiger partial charge in [0.15, 0.2) is 0 Å². The van der Waals surface area contributed by atoms with Crippen LogP contribution in [-0.4, -0.2) is 27.8 Å². The van der Waals surface area contributed by atoms with Gasteiger partial charge in [-0.3, -0.25) is 14.8 Å². The fourth-order valence-electron chi connectivity index (χ4n) is 2.52. The lowest BCUT2D eigenvalue weighted by molar-refractivity contribution is -0.384. The van der Waals surface area contributed by atoms with Crippen LogP contribution in [0.25, 0.3) is 0 Å². The number of halogens is 2. The summed E-state index contributed by atoms with van der Waals surface area (Å²) >= 11 is 12.1. The lowest BCUT2D eigenvalue weighted by Crippen LogP contribution is -2.19. The Hall–Kier alpha value is -3.30. The van der Waals surface area contributed by atoms with Crippen molar-refractivity contribution in [1.29, 1.82) is 0 Å². The van der Waals surface area contributed by atoms with Gasteiger partial charge in [0.2, 0.25) is 0 Å². The molecule has 1 heterocycles. The van der Waals surface area contributed by atoms with Crippen LogP contribution in [0.1, 0.15) is 5.56 Å². The van der Waals surface area contributed by atoms with Crippen molar-refractivity contribution in [2.45, 2.75) is 6.54 Å². The number of carbonyl (C=O) groups is 1. The number of hydrogen-bond donors (Lipinski definition) is 2. The molecule has 0 spiro atoms. The number of amides is 2. The van der Waals surface area contributed by atoms with E-state index >= 15 is 0 Å². The summed E-state index contributed by atoms with van der Waals surface area (Å²) < 4.78 is 6.70. The average Bonchev–Trinajstić information content (AvgIpc) is 3.10. The van der Waals surface area contributed by atoms with E-state index in [1.54, 1.807) is 29.1 Å². The van der Waals surface area contributed by atoms with Crippen LogP contribution in [0.4, 0.5) is 21.9 Å². The Kier molecular flexibility index (Phi) is 6.20. The number of ether oxygens (including phenoxy) is 1. The third-order valence-corrected chi connectivity index (χ3v) is 4.47. The van der Waals surface area contributed by atoms with E-state index < -0.39 is 11.0 Å². The first-order valence-electron chi connectivity index (χ1n) is 8.22. The second-order valence-electron chi connectivity index (χ2n) is 5.88. The van der Waals surface area contributed by atoms with Crippen molar-refractivity contribution < 1.29 is 14.5 Å². The summed E-state index contributed by atoms with van der Waals surface area (Å²) in [6.07, 6.45) is 3.12. The third-order valence-electron chi connectivity index (χ3n) is 3.88. The zero-order valence-corrected chi connectivity index (χ0v) is 16.6. The highest BCUT2D eigenvalue weighted by molar-refractivity contribution is 6.35. The molecule has 0 aliphatic rings. The number of urea groups is 1. The van der Waals surface area contributed by atoms with Gasteiger partial charge in [-0.25, -0.2) is 4.79 Å². The third kappa shape index (κ3) is 5.15. The monoisotopic (exact) mass is 435 g/mol. The molecule has 0 radical (unpaired) electrons. The zero-order valence-electron chi connectivity index (χ0n) is 15.1. The second-order valence-corrected chi connectivity index (χ2v) is 6.73. The van der Waals surface area contributed by atoms with Gasteiger partial charge in [0, 0.05) is 22.3 Å². The van der Waals surface area contributed by atoms with Crippen molar-refractivity contribution in [1.82, 2.24) is 9.78 Å². The normalized spacial score (nSPS) is 10.4. The summed E-state index contributed by atoms with van der Waals surface area (Å²) in [5.74, 6) is 0.169. The number of benzene rings is 2. The van der Waals surface area contributed by atoms with Gasteiger partial charge in [0.05, 0.1) is 42.2 Å². The Labute approximate surface area is 175 Å². The van der Waals surface area contributed by atoms with Crippen LogP contribution in [0.5, 0.6) is 5.75 Å². The van der Waals surface area contributed by atoms with E-state index in [1.807, 2.05) is 0 Å². The van der Waals surface area contributed by atoms with E-state index in [9.17, 15) is 14.9 Å². The molecule has 150 valence electrons. The van der Waals surface area contributed by atoms with Gasteiger partial charge in [-0.2, -0.15) is 5.10 Å². The quantitative estimate of drug-likeness (QED) is 0.426. The minimum atomic E-state index is -0.554. The molecule has 0 atom stereocenters. The first-order valence-corrected chi connectivity index (χ1v) is 8.98. The molecule has 11 heteroatoms. The lowest BCUT2D eigenvalue weighted by atomic mass is 10.2. The Morgan fingerprint density at radius 1 is 1.24 bits per heavy atom. The summed E-state index contributed by atoms with van der Waals surface area (Å²) in [6.45, 7) is 0.398. The molecule has 29 heavy (non-hydrogen) atoms. The number of nitrogens with one attached hydrogen (secondary N) is 2. The van der Waals surface area contributed by atoms with Gasteiger partial charge in [-0.05, 0) is 23.8 Å². The van der Waals surface area contributed by atoms with E-state index in [-0.39, 0.29) is 17.1 Å². The van der Waals surface area contributed by atoms with E-state index in [2.05, 4.69) is 15.7 Å². The zero-order chi connectivity index (χ0) is 21.0. The van der Waals surface area contributed by atoms with Gasteiger partial charge in [-0.15, -0.1) is 0 Å². The van der Waals surface area contributed by atoms with Crippen molar-refractivity contribution in [2.24, 2.45) is 0 Å². The van der Waals surface area contributed by atoms with Crippen LogP contribution >= 0.6 is 23.2 Å². The fourth-order valence-corrected chi connectivity index (χ4v) is 2.99. The molecular weight excluding hydrogens is 421 g/mol. The Balaban J connectivity index is 1.65. The standard InChI is InChI=1S/C18H15Cl2N5O4/c1-29-17-7-14(25(27)28)4-5-16(17)23-18(26)22-13-8-21-24(10-13)9-11-2-3-12(19)6-15(11)20/h2-8,10H,9H2,1H3,(H2,22,23,26). The molecule has 0 saturated heterocycles. The summed E-state index contributed by atoms with van der Waals surface area (Å²) in [7, 11) is 1.36. The van der Waals surface area contributed by atoms with E-state index in [4.69, 9.17) is 27.9 Å². The van der Waals surface area contributed by atoms with Crippen LogP contribution < -0.4 is 15.4 Å². The van der Waals surface area contributed by atoms with Crippen molar-refractivity contribution >= 4 is 46.3 Å². The van der Waals surface area contributed by atoms with Gasteiger partial charge < -0.3 is 15.4 Å². The molecule has 2 N–H and O–H groups in total. The number of rotatable bonds is 6. The molecule has 2 aromatic carbocycles. The molecule has 0 fully saturated rings. The number of methoxy groups -OCH3 is 1. The minimum absolute atomic E-state index is 0.144. The van der Waals surface area contributed by atoms with Gasteiger partial charge in [0.1, 0.15) is 5.75 Å². The fraction of sp³-hybridized carbons (Fsp3) is 0.111. The van der Waals surface area contributed by atoms with Gasteiger partial charge >= 0.3 is 6.03 Å². The largest absolute Gasteiger partial charge is 0.494 e. The van der Waals surface area contributed by atoms with Gasteiger partial charge in [0.25, 0.3) is 5.69 Å². The Bertz CT molecular complexity index is 1070. The Morgan fingerprint density at radius 2 is 2.03 bits per heavy atom. The molecule has 9 nitrogen and oxygen atoms in total. The molecule has 0 bridgehead atoms. The van der Waals surface area contributed by atoms with Crippen molar-refractivity contribution in [3.63, 3.8) is 0 Å². The van der Waals surface area contributed by atoms with E-state index in [0.29, 0.717) is 22.3 Å². The molecule has 0 aliphatic carbocycles. The number of nitro groups is 1. The first kappa shape index (κ1) is 20.4. The van der Waals surface area contributed by atoms with Crippen molar-refractivity contribution in [2.75, 3.05) is 17.7 Å². The van der Waals surface area contributed by atoms with Crippen LogP contribution in [-0.2, 0) is 6.54 Å². The maximum Gasteiger partial charge on any atom is 0.323 e. The van der Waals surface area contributed by atoms with Crippen LogP contribution in [0.3, 0.4) is 0 Å². The SMILES string of the molecule is COc1cc([N+](=O)[O-])ccc1NC(=O)Nc1cnn(Cc2ccc(Cl)cc2Cl)c1. The topological polar surface area (TPSA) is 111 Å². The predicted octanol–water partition coefficient (Wildman–Crippen LogP) is 4.80. The molecule has 3 rings (SSSR count). The summed E-state index contributed by atoms with van der Waals surface area (Å²) in [5, 5.41) is 21.3. The molecule has 0 saturated carbocycles. The lowest BCUT2D eigenvalue weighted by Gasteiger charge is -2.10. The number of nitrogens with zero attached hydrogens (tertiary/aromatic N) is 3. The predicted molar refractivity (Wildman–Crippen MR) is 110 cm³/mol. The summed E-state index contributed by atoms with van der Waals surface area (Å²) in [6, 6.07) is 8.51. The molecule has 2 amide bonds. The maximum absolute atomic E-state index is 12.2. The molecule has 3 aromatic rings. The van der Waals surface area contributed by atoms with Crippen molar-refractivity contribution in [3.05, 3.63) is 74.5 Å². The number of hydrogen-bond acceptors (Lipinski definition) is 5. The smallest absolute Gasteiger partial charge is 0.323 e. The first-order chi connectivity index (χ1) is 13.9. The molecule has 1 aromatic heterocycles. The van der Waals surface area contributed by atoms with E-state index in [1.165, 1.54) is 31.5 Å².